The Morgan fingerprint density at radius 2 is 1.78 bits per heavy atom. The van der Waals surface area contributed by atoms with Gasteiger partial charge in [0.1, 0.15) is 0 Å². The van der Waals surface area contributed by atoms with Crippen molar-refractivity contribution in [1.82, 2.24) is 15.2 Å². The number of anilines is 2. The maximum absolute atomic E-state index is 12.4. The van der Waals surface area contributed by atoms with Crippen molar-refractivity contribution in [2.75, 3.05) is 55.6 Å². The summed E-state index contributed by atoms with van der Waals surface area (Å²) in [6, 6.07) is 14.5. The Morgan fingerprint density at radius 1 is 1.07 bits per heavy atom. The molecule has 0 unspecified atom stereocenters. The third-order valence-electron chi connectivity index (χ3n) is 4.98. The van der Waals surface area contributed by atoms with Crippen LogP contribution in [0.4, 0.5) is 16.2 Å². The number of pyridine rings is 1. The molecule has 1 aliphatic heterocycles. The molecule has 2 heterocycles. The number of aromatic nitrogens is 1. The van der Waals surface area contributed by atoms with E-state index in [1.807, 2.05) is 35.5 Å². The summed E-state index contributed by atoms with van der Waals surface area (Å²) in [5, 5.41) is 3.07. The molecule has 144 valence electrons. The van der Waals surface area contributed by atoms with Gasteiger partial charge < -0.3 is 20.0 Å². The quantitative estimate of drug-likeness (QED) is 0.765. The second kappa shape index (κ2) is 9.80. The van der Waals surface area contributed by atoms with Gasteiger partial charge in [0.05, 0.1) is 0 Å². The van der Waals surface area contributed by atoms with Crippen LogP contribution in [0.3, 0.4) is 0 Å². The Hall–Kier alpha value is -2.76. The summed E-state index contributed by atoms with van der Waals surface area (Å²) in [5.74, 6) is 0. The van der Waals surface area contributed by atoms with Crippen LogP contribution >= 0.6 is 0 Å². The second-order valence-corrected chi connectivity index (χ2v) is 6.68. The third kappa shape index (κ3) is 5.36. The monoisotopic (exact) mass is 367 g/mol. The number of urea groups is 1. The van der Waals surface area contributed by atoms with Crippen molar-refractivity contribution in [3.05, 3.63) is 54.9 Å². The molecule has 0 atom stereocenters. The standard InChI is InChI=1S/C21H29N5O/c1-2-24(19-7-4-3-5-8-19)14-6-11-23-21(27)26-17-15-25(16-18-26)20-9-12-22-13-10-20/h3-5,7-10,12-13H,2,6,11,14-18H2,1H3,(H,23,27). The molecule has 0 radical (unpaired) electrons. The highest BCUT2D eigenvalue weighted by atomic mass is 16.2. The highest BCUT2D eigenvalue weighted by Gasteiger charge is 2.20. The van der Waals surface area contributed by atoms with Crippen LogP contribution in [0, 0.1) is 0 Å². The number of nitrogens with one attached hydrogen (secondary N) is 1. The smallest absolute Gasteiger partial charge is 0.317 e. The lowest BCUT2D eigenvalue weighted by atomic mass is 10.2. The van der Waals surface area contributed by atoms with E-state index < -0.39 is 0 Å². The van der Waals surface area contributed by atoms with Gasteiger partial charge in [0.2, 0.25) is 0 Å². The van der Waals surface area contributed by atoms with Gasteiger partial charge in [-0.15, -0.1) is 0 Å². The number of hydrogen-bond donors (Lipinski definition) is 1. The highest BCUT2D eigenvalue weighted by Crippen LogP contribution is 2.15. The topological polar surface area (TPSA) is 51.7 Å². The summed E-state index contributed by atoms with van der Waals surface area (Å²) in [4.78, 5) is 23.0. The molecule has 1 N–H and O–H groups in total. The van der Waals surface area contributed by atoms with Crippen LogP contribution in [0.15, 0.2) is 54.9 Å². The van der Waals surface area contributed by atoms with E-state index in [0.29, 0.717) is 6.54 Å². The number of rotatable bonds is 7. The number of amides is 2. The van der Waals surface area contributed by atoms with Crippen molar-refractivity contribution in [2.45, 2.75) is 13.3 Å². The van der Waals surface area contributed by atoms with Gasteiger partial charge in [-0.1, -0.05) is 18.2 Å². The molecule has 0 aliphatic carbocycles. The van der Waals surface area contributed by atoms with Crippen LogP contribution in [-0.2, 0) is 0 Å². The molecular weight excluding hydrogens is 338 g/mol. The number of para-hydroxylation sites is 1. The predicted molar refractivity (Wildman–Crippen MR) is 110 cm³/mol. The van der Waals surface area contributed by atoms with Crippen molar-refractivity contribution in [3.8, 4) is 0 Å². The number of carbonyl (C=O) groups is 1. The Bertz CT molecular complexity index is 686. The zero-order chi connectivity index (χ0) is 18.9. The van der Waals surface area contributed by atoms with Gasteiger partial charge in [-0.3, -0.25) is 4.98 Å². The minimum Gasteiger partial charge on any atom is -0.372 e. The molecule has 3 rings (SSSR count). The van der Waals surface area contributed by atoms with Crippen molar-refractivity contribution in [1.29, 1.82) is 0 Å². The van der Waals surface area contributed by atoms with E-state index in [1.165, 1.54) is 11.4 Å². The van der Waals surface area contributed by atoms with E-state index in [-0.39, 0.29) is 6.03 Å². The fraction of sp³-hybridized carbons (Fsp3) is 0.429. The molecule has 1 aromatic carbocycles. The van der Waals surface area contributed by atoms with Crippen LogP contribution in [0.1, 0.15) is 13.3 Å². The molecular formula is C21H29N5O. The molecule has 6 nitrogen and oxygen atoms in total. The molecule has 6 heteroatoms. The van der Waals surface area contributed by atoms with Crippen LogP contribution < -0.4 is 15.1 Å². The van der Waals surface area contributed by atoms with Gasteiger partial charge in [0.15, 0.2) is 0 Å². The first-order chi connectivity index (χ1) is 13.3. The summed E-state index contributed by atoms with van der Waals surface area (Å²) in [6.45, 7) is 7.98. The average Bonchev–Trinajstić information content (AvgIpc) is 2.75. The molecule has 2 amide bonds. The van der Waals surface area contributed by atoms with Gasteiger partial charge in [-0.05, 0) is 37.6 Å². The number of carbonyl (C=O) groups excluding carboxylic acids is 1. The van der Waals surface area contributed by atoms with Crippen molar-refractivity contribution in [2.24, 2.45) is 0 Å². The number of hydrogen-bond acceptors (Lipinski definition) is 4. The molecule has 1 saturated heterocycles. The lowest BCUT2D eigenvalue weighted by molar-refractivity contribution is 0.194. The molecule has 27 heavy (non-hydrogen) atoms. The molecule has 0 bridgehead atoms. The zero-order valence-corrected chi connectivity index (χ0v) is 16.1. The van der Waals surface area contributed by atoms with Gasteiger partial charge in [-0.2, -0.15) is 0 Å². The fourth-order valence-electron chi connectivity index (χ4n) is 3.41. The Kier molecular flexibility index (Phi) is 6.90. The molecule has 0 spiro atoms. The second-order valence-electron chi connectivity index (χ2n) is 6.68. The van der Waals surface area contributed by atoms with E-state index >= 15 is 0 Å². The Balaban J connectivity index is 1.36. The van der Waals surface area contributed by atoms with Crippen molar-refractivity contribution < 1.29 is 4.79 Å². The molecule has 2 aromatic rings. The summed E-state index contributed by atoms with van der Waals surface area (Å²) >= 11 is 0. The SMILES string of the molecule is CCN(CCCNC(=O)N1CCN(c2ccncc2)CC1)c1ccccc1. The molecule has 0 saturated carbocycles. The van der Waals surface area contributed by atoms with E-state index in [2.05, 4.69) is 51.3 Å². The van der Waals surface area contributed by atoms with Crippen molar-refractivity contribution in [3.63, 3.8) is 0 Å². The van der Waals surface area contributed by atoms with Crippen LogP contribution in [0.5, 0.6) is 0 Å². The van der Waals surface area contributed by atoms with Crippen LogP contribution in [-0.4, -0.2) is 61.7 Å². The lowest BCUT2D eigenvalue weighted by Gasteiger charge is -2.36. The summed E-state index contributed by atoms with van der Waals surface area (Å²) in [5.41, 5.74) is 2.41. The first-order valence-electron chi connectivity index (χ1n) is 9.75. The number of piperazine rings is 1. The van der Waals surface area contributed by atoms with E-state index in [4.69, 9.17) is 0 Å². The maximum Gasteiger partial charge on any atom is 0.317 e. The normalized spacial score (nSPS) is 14.1. The average molecular weight is 367 g/mol. The fourth-order valence-corrected chi connectivity index (χ4v) is 3.41. The Morgan fingerprint density at radius 3 is 2.44 bits per heavy atom. The number of nitrogens with zero attached hydrogens (tertiary/aromatic N) is 4. The van der Waals surface area contributed by atoms with E-state index in [9.17, 15) is 4.79 Å². The van der Waals surface area contributed by atoms with Crippen LogP contribution in [0.25, 0.3) is 0 Å². The first-order valence-corrected chi connectivity index (χ1v) is 9.75. The number of benzene rings is 1. The highest BCUT2D eigenvalue weighted by molar-refractivity contribution is 5.74. The van der Waals surface area contributed by atoms with Gasteiger partial charge in [0.25, 0.3) is 0 Å². The summed E-state index contributed by atoms with van der Waals surface area (Å²) < 4.78 is 0. The van der Waals surface area contributed by atoms with E-state index in [1.54, 1.807) is 0 Å². The lowest BCUT2D eigenvalue weighted by Crippen LogP contribution is -2.52. The first kappa shape index (κ1) is 19.0. The summed E-state index contributed by atoms with van der Waals surface area (Å²) in [6.07, 6.45) is 4.55. The minimum absolute atomic E-state index is 0.0483. The molecule has 1 aromatic heterocycles. The molecule has 1 aliphatic rings. The Labute approximate surface area is 161 Å². The van der Waals surface area contributed by atoms with E-state index in [0.717, 1.165) is 45.7 Å². The van der Waals surface area contributed by atoms with Crippen molar-refractivity contribution >= 4 is 17.4 Å². The minimum atomic E-state index is 0.0483. The third-order valence-corrected chi connectivity index (χ3v) is 4.98. The summed E-state index contributed by atoms with van der Waals surface area (Å²) in [7, 11) is 0. The molecule has 1 fully saturated rings. The zero-order valence-electron chi connectivity index (χ0n) is 16.1. The van der Waals surface area contributed by atoms with Gasteiger partial charge >= 0.3 is 6.03 Å². The predicted octanol–water partition coefficient (Wildman–Crippen LogP) is 2.83. The van der Waals surface area contributed by atoms with Gasteiger partial charge in [0, 0.05) is 69.6 Å². The maximum atomic E-state index is 12.4. The van der Waals surface area contributed by atoms with Crippen LogP contribution in [0.2, 0.25) is 0 Å². The van der Waals surface area contributed by atoms with Gasteiger partial charge in [-0.25, -0.2) is 4.79 Å². The largest absolute Gasteiger partial charge is 0.372 e.